The van der Waals surface area contributed by atoms with E-state index >= 15 is 0 Å². The van der Waals surface area contributed by atoms with Gasteiger partial charge in [-0.3, -0.25) is 4.98 Å². The zero-order chi connectivity index (χ0) is 13.9. The van der Waals surface area contributed by atoms with Crippen molar-refractivity contribution in [3.63, 3.8) is 0 Å². The van der Waals surface area contributed by atoms with E-state index in [0.29, 0.717) is 38.4 Å². The fourth-order valence-electron chi connectivity index (χ4n) is 2.13. The van der Waals surface area contributed by atoms with Crippen LogP contribution in [0.5, 0.6) is 0 Å². The van der Waals surface area contributed by atoms with Crippen LogP contribution >= 0.6 is 0 Å². The van der Waals surface area contributed by atoms with E-state index in [1.54, 1.807) is 19.3 Å². The van der Waals surface area contributed by atoms with Gasteiger partial charge in [0.25, 0.3) is 10.2 Å². The highest BCUT2D eigenvalue weighted by Crippen LogP contribution is 2.22. The Kier molecular flexibility index (Phi) is 4.23. The van der Waals surface area contributed by atoms with Crippen LogP contribution in [-0.4, -0.2) is 50.4 Å². The number of piperazine rings is 1. The third kappa shape index (κ3) is 3.14. The first kappa shape index (κ1) is 14.0. The Bertz CT molecular complexity index is 526. The van der Waals surface area contributed by atoms with Crippen LogP contribution in [-0.2, 0) is 10.2 Å². The minimum absolute atomic E-state index is 0.403. The normalized spacial score (nSPS) is 17.6. The average Bonchev–Trinajstić information content (AvgIpc) is 2.39. The second kappa shape index (κ2) is 5.72. The maximum Gasteiger partial charge on any atom is 0.279 e. The molecule has 1 aromatic heterocycles. The average molecular weight is 285 g/mol. The van der Waals surface area contributed by atoms with Gasteiger partial charge >= 0.3 is 0 Å². The molecule has 1 saturated heterocycles. The second-order valence-corrected chi connectivity index (χ2v) is 6.08. The summed E-state index contributed by atoms with van der Waals surface area (Å²) in [5.41, 5.74) is 7.40. The second-order valence-electron chi connectivity index (χ2n) is 4.32. The maximum absolute atomic E-state index is 11.9. The minimum Gasteiger partial charge on any atom is -0.396 e. The summed E-state index contributed by atoms with van der Waals surface area (Å²) < 4.78 is 27.7. The van der Waals surface area contributed by atoms with Crippen LogP contribution in [0.2, 0.25) is 0 Å². The van der Waals surface area contributed by atoms with Gasteiger partial charge in [0.05, 0.1) is 17.6 Å². The lowest BCUT2D eigenvalue weighted by Gasteiger charge is -2.35. The Balaban J connectivity index is 2.02. The van der Waals surface area contributed by atoms with Crippen LogP contribution in [0, 0.1) is 0 Å². The molecule has 3 N–H and O–H groups in total. The van der Waals surface area contributed by atoms with Crippen LogP contribution in [0.25, 0.3) is 0 Å². The molecule has 0 atom stereocenters. The molecule has 1 fully saturated rings. The van der Waals surface area contributed by atoms with Gasteiger partial charge in [0, 0.05) is 38.9 Å². The molecule has 0 amide bonds. The summed E-state index contributed by atoms with van der Waals surface area (Å²) in [4.78, 5) is 6.03. The highest BCUT2D eigenvalue weighted by Gasteiger charge is 2.26. The lowest BCUT2D eigenvalue weighted by Crippen LogP contribution is -2.52. The molecule has 8 heteroatoms. The number of anilines is 2. The molecule has 2 rings (SSSR count). The molecule has 7 nitrogen and oxygen atoms in total. The standard InChI is InChI=1S/C11H19N5O2S/c1-2-14-19(17,18)16-7-5-15(6-8-16)11-3-4-13-9-10(11)12/h3-4,9,14H,2,5-8,12H2,1H3. The van der Waals surface area contributed by atoms with E-state index in [0.717, 1.165) is 5.69 Å². The summed E-state index contributed by atoms with van der Waals surface area (Å²) in [6, 6.07) is 1.85. The number of hydrogen-bond donors (Lipinski definition) is 2. The first-order valence-electron chi connectivity index (χ1n) is 6.23. The molecule has 0 aliphatic carbocycles. The molecule has 0 unspecified atom stereocenters. The number of nitrogens with one attached hydrogen (secondary N) is 1. The molecule has 1 aromatic rings. The molecule has 0 bridgehead atoms. The van der Waals surface area contributed by atoms with Crippen molar-refractivity contribution in [2.24, 2.45) is 0 Å². The molecule has 0 spiro atoms. The minimum atomic E-state index is -3.34. The molecule has 0 aromatic carbocycles. The molecular weight excluding hydrogens is 266 g/mol. The Morgan fingerprint density at radius 2 is 2.05 bits per heavy atom. The van der Waals surface area contributed by atoms with E-state index in [2.05, 4.69) is 14.6 Å². The van der Waals surface area contributed by atoms with Crippen LogP contribution < -0.4 is 15.4 Å². The van der Waals surface area contributed by atoms with Gasteiger partial charge in [-0.15, -0.1) is 0 Å². The van der Waals surface area contributed by atoms with Crippen molar-refractivity contribution >= 4 is 21.6 Å². The van der Waals surface area contributed by atoms with Crippen LogP contribution in [0.1, 0.15) is 6.92 Å². The smallest absolute Gasteiger partial charge is 0.279 e. The molecule has 0 saturated carbocycles. The zero-order valence-electron chi connectivity index (χ0n) is 10.9. The van der Waals surface area contributed by atoms with Crippen molar-refractivity contribution in [3.05, 3.63) is 18.5 Å². The Hall–Kier alpha value is -1.38. The van der Waals surface area contributed by atoms with Gasteiger partial charge in [0.1, 0.15) is 0 Å². The summed E-state index contributed by atoms with van der Waals surface area (Å²) in [5.74, 6) is 0. The number of nitrogens with zero attached hydrogens (tertiary/aromatic N) is 3. The summed E-state index contributed by atoms with van der Waals surface area (Å²) in [5, 5.41) is 0. The van der Waals surface area contributed by atoms with Crippen LogP contribution in [0.15, 0.2) is 18.5 Å². The van der Waals surface area contributed by atoms with Gasteiger partial charge in [0.2, 0.25) is 0 Å². The quantitative estimate of drug-likeness (QED) is 0.788. The number of nitrogens with two attached hydrogens (primary N) is 1. The summed E-state index contributed by atoms with van der Waals surface area (Å²) in [7, 11) is -3.34. The fraction of sp³-hybridized carbons (Fsp3) is 0.545. The first-order chi connectivity index (χ1) is 9.04. The molecular formula is C11H19N5O2S. The Labute approximate surface area is 113 Å². The Morgan fingerprint density at radius 3 is 2.63 bits per heavy atom. The lowest BCUT2D eigenvalue weighted by atomic mass is 10.2. The highest BCUT2D eigenvalue weighted by atomic mass is 32.2. The molecule has 19 heavy (non-hydrogen) atoms. The Morgan fingerprint density at radius 1 is 1.37 bits per heavy atom. The van der Waals surface area contributed by atoms with E-state index in [4.69, 9.17) is 5.73 Å². The van der Waals surface area contributed by atoms with Crippen molar-refractivity contribution in [1.29, 1.82) is 0 Å². The van der Waals surface area contributed by atoms with Crippen LogP contribution in [0.4, 0.5) is 11.4 Å². The van der Waals surface area contributed by atoms with Gasteiger partial charge < -0.3 is 10.6 Å². The van der Waals surface area contributed by atoms with E-state index in [-0.39, 0.29) is 0 Å². The summed E-state index contributed by atoms with van der Waals surface area (Å²) in [6.45, 7) is 4.33. The third-order valence-corrected chi connectivity index (χ3v) is 4.77. The van der Waals surface area contributed by atoms with Gasteiger partial charge in [-0.25, -0.2) is 4.72 Å². The van der Waals surface area contributed by atoms with Crippen molar-refractivity contribution in [2.75, 3.05) is 43.4 Å². The van der Waals surface area contributed by atoms with E-state index in [1.165, 1.54) is 4.31 Å². The predicted molar refractivity (Wildman–Crippen MR) is 75.0 cm³/mol. The van der Waals surface area contributed by atoms with Gasteiger partial charge in [-0.05, 0) is 6.07 Å². The number of nitrogen functional groups attached to an aromatic ring is 1. The molecule has 106 valence electrons. The molecule has 2 heterocycles. The van der Waals surface area contributed by atoms with Crippen molar-refractivity contribution < 1.29 is 8.42 Å². The molecule has 1 aliphatic rings. The topological polar surface area (TPSA) is 91.6 Å². The number of pyridine rings is 1. The van der Waals surface area contributed by atoms with E-state index in [1.807, 2.05) is 6.07 Å². The first-order valence-corrected chi connectivity index (χ1v) is 7.68. The van der Waals surface area contributed by atoms with Gasteiger partial charge in [-0.2, -0.15) is 12.7 Å². The largest absolute Gasteiger partial charge is 0.396 e. The number of aromatic nitrogens is 1. The van der Waals surface area contributed by atoms with Gasteiger partial charge in [0.15, 0.2) is 0 Å². The van der Waals surface area contributed by atoms with Gasteiger partial charge in [-0.1, -0.05) is 6.92 Å². The summed E-state index contributed by atoms with van der Waals surface area (Å²) in [6.07, 6.45) is 3.30. The predicted octanol–water partition coefficient (Wildman–Crippen LogP) is -0.360. The maximum atomic E-state index is 11.9. The number of rotatable bonds is 4. The molecule has 1 aliphatic heterocycles. The van der Waals surface area contributed by atoms with Crippen molar-refractivity contribution in [3.8, 4) is 0 Å². The van der Waals surface area contributed by atoms with E-state index in [9.17, 15) is 8.42 Å². The van der Waals surface area contributed by atoms with Crippen molar-refractivity contribution in [1.82, 2.24) is 14.0 Å². The fourth-order valence-corrected chi connectivity index (χ4v) is 3.32. The third-order valence-electron chi connectivity index (χ3n) is 3.07. The zero-order valence-corrected chi connectivity index (χ0v) is 11.7. The SMILES string of the molecule is CCNS(=O)(=O)N1CCN(c2ccncc2N)CC1. The monoisotopic (exact) mass is 285 g/mol. The molecule has 0 radical (unpaired) electrons. The number of hydrogen-bond acceptors (Lipinski definition) is 5. The van der Waals surface area contributed by atoms with Crippen LogP contribution in [0.3, 0.4) is 0 Å². The highest BCUT2D eigenvalue weighted by molar-refractivity contribution is 7.87. The summed E-state index contributed by atoms with van der Waals surface area (Å²) >= 11 is 0. The van der Waals surface area contributed by atoms with Crippen molar-refractivity contribution in [2.45, 2.75) is 6.92 Å². The lowest BCUT2D eigenvalue weighted by molar-refractivity contribution is 0.379. The van der Waals surface area contributed by atoms with E-state index < -0.39 is 10.2 Å².